The third-order valence-electron chi connectivity index (χ3n) is 4.91. The Morgan fingerprint density at radius 3 is 2.39 bits per heavy atom. The molecule has 3 aromatic rings. The van der Waals surface area contributed by atoms with Gasteiger partial charge < -0.3 is 15.0 Å². The van der Waals surface area contributed by atoms with Crippen LogP contribution in [0.3, 0.4) is 0 Å². The summed E-state index contributed by atoms with van der Waals surface area (Å²) in [6.07, 6.45) is 0. The second kappa shape index (κ2) is 9.34. The zero-order valence-electron chi connectivity index (χ0n) is 17.5. The molecule has 0 aliphatic rings. The predicted molar refractivity (Wildman–Crippen MR) is 120 cm³/mol. The number of benzene rings is 1. The van der Waals surface area contributed by atoms with E-state index < -0.39 is 0 Å². The van der Waals surface area contributed by atoms with E-state index in [1.807, 2.05) is 26.0 Å². The Morgan fingerprint density at radius 1 is 1.04 bits per heavy atom. The fourth-order valence-corrected chi connectivity index (χ4v) is 4.54. The van der Waals surface area contributed by atoms with Crippen LogP contribution in [-0.2, 0) is 0 Å². The predicted octanol–water partition coefficient (Wildman–Crippen LogP) is 5.13. The summed E-state index contributed by atoms with van der Waals surface area (Å²) in [4.78, 5) is 14.1. The zero-order chi connectivity index (χ0) is 20.1. The van der Waals surface area contributed by atoms with Crippen LogP contribution >= 0.6 is 11.3 Å². The molecule has 0 fully saturated rings. The third-order valence-corrected chi connectivity index (χ3v) is 5.91. The van der Waals surface area contributed by atoms with Crippen molar-refractivity contribution < 1.29 is 4.74 Å². The fraction of sp³-hybridized carbons (Fsp3) is 0.455. The molecule has 2 aromatic heterocycles. The molecule has 0 saturated carbocycles. The second-order valence-corrected chi connectivity index (χ2v) is 7.95. The number of likely N-dealkylation sites (N-methyl/N-ethyl adjacent to an activating group) is 1. The third kappa shape index (κ3) is 4.45. The van der Waals surface area contributed by atoms with Crippen LogP contribution in [0.4, 0.5) is 5.82 Å². The number of fused-ring (bicyclic) bond motifs is 1. The molecule has 1 aromatic carbocycles. The molecule has 2 heterocycles. The lowest BCUT2D eigenvalue weighted by molar-refractivity contribution is 0.316. The molecule has 150 valence electrons. The summed E-state index contributed by atoms with van der Waals surface area (Å²) in [6, 6.07) is 8.31. The van der Waals surface area contributed by atoms with E-state index in [2.05, 4.69) is 43.1 Å². The molecule has 0 amide bonds. The van der Waals surface area contributed by atoms with Gasteiger partial charge in [0, 0.05) is 23.5 Å². The largest absolute Gasteiger partial charge is 0.494 e. The van der Waals surface area contributed by atoms with Crippen LogP contribution in [0.5, 0.6) is 5.75 Å². The number of aromatic nitrogens is 2. The Morgan fingerprint density at radius 2 is 1.75 bits per heavy atom. The van der Waals surface area contributed by atoms with Gasteiger partial charge in [0.1, 0.15) is 22.2 Å². The first-order chi connectivity index (χ1) is 13.6. The van der Waals surface area contributed by atoms with Gasteiger partial charge in [0.05, 0.1) is 12.0 Å². The first-order valence-electron chi connectivity index (χ1n) is 10.0. The average molecular weight is 399 g/mol. The van der Waals surface area contributed by atoms with E-state index in [4.69, 9.17) is 14.7 Å². The molecule has 5 nitrogen and oxygen atoms in total. The maximum absolute atomic E-state index is 5.59. The molecule has 0 radical (unpaired) electrons. The SMILES string of the molecule is CCOc1ccc(-c2c(C)sc3nc(C)nc(NCCN(CC)CC)c23)cc1. The summed E-state index contributed by atoms with van der Waals surface area (Å²) in [5.41, 5.74) is 2.39. The number of nitrogens with zero attached hydrogens (tertiary/aromatic N) is 3. The van der Waals surface area contributed by atoms with Crippen molar-refractivity contribution in [1.29, 1.82) is 0 Å². The Labute approximate surface area is 171 Å². The lowest BCUT2D eigenvalue weighted by Crippen LogP contribution is -2.28. The topological polar surface area (TPSA) is 50.3 Å². The van der Waals surface area contributed by atoms with Crippen molar-refractivity contribution in [2.24, 2.45) is 0 Å². The number of thiophene rings is 1. The zero-order valence-corrected chi connectivity index (χ0v) is 18.3. The van der Waals surface area contributed by atoms with Gasteiger partial charge in [-0.25, -0.2) is 9.97 Å². The van der Waals surface area contributed by atoms with Crippen molar-refractivity contribution >= 4 is 27.4 Å². The summed E-state index contributed by atoms with van der Waals surface area (Å²) in [7, 11) is 0. The molecule has 0 aliphatic carbocycles. The summed E-state index contributed by atoms with van der Waals surface area (Å²) in [5, 5.41) is 4.69. The van der Waals surface area contributed by atoms with Crippen LogP contribution in [0.2, 0.25) is 0 Å². The first-order valence-corrected chi connectivity index (χ1v) is 10.9. The van der Waals surface area contributed by atoms with E-state index in [9.17, 15) is 0 Å². The summed E-state index contributed by atoms with van der Waals surface area (Å²) >= 11 is 1.73. The lowest BCUT2D eigenvalue weighted by atomic mass is 10.0. The van der Waals surface area contributed by atoms with Gasteiger partial charge in [-0.1, -0.05) is 26.0 Å². The van der Waals surface area contributed by atoms with Crippen molar-refractivity contribution in [1.82, 2.24) is 14.9 Å². The highest BCUT2D eigenvalue weighted by Gasteiger charge is 2.18. The first kappa shape index (κ1) is 20.6. The molecule has 0 saturated heterocycles. The number of aryl methyl sites for hydroxylation is 2. The van der Waals surface area contributed by atoms with Gasteiger partial charge >= 0.3 is 0 Å². The molecule has 28 heavy (non-hydrogen) atoms. The Bertz CT molecular complexity index is 916. The van der Waals surface area contributed by atoms with Crippen LogP contribution in [0.15, 0.2) is 24.3 Å². The monoisotopic (exact) mass is 398 g/mol. The number of hydrogen-bond acceptors (Lipinski definition) is 6. The summed E-state index contributed by atoms with van der Waals surface area (Å²) < 4.78 is 5.59. The minimum atomic E-state index is 0.674. The van der Waals surface area contributed by atoms with E-state index in [1.54, 1.807) is 11.3 Å². The highest BCUT2D eigenvalue weighted by molar-refractivity contribution is 7.19. The lowest BCUT2D eigenvalue weighted by Gasteiger charge is -2.18. The van der Waals surface area contributed by atoms with Gasteiger partial charge in [-0.15, -0.1) is 11.3 Å². The van der Waals surface area contributed by atoms with Crippen molar-refractivity contribution in [3.8, 4) is 16.9 Å². The molecule has 0 aliphatic heterocycles. The minimum Gasteiger partial charge on any atom is -0.494 e. The van der Waals surface area contributed by atoms with Crippen LogP contribution in [0.25, 0.3) is 21.3 Å². The second-order valence-electron chi connectivity index (χ2n) is 6.74. The highest BCUT2D eigenvalue weighted by Crippen LogP contribution is 2.41. The van der Waals surface area contributed by atoms with E-state index in [-0.39, 0.29) is 0 Å². The van der Waals surface area contributed by atoms with E-state index in [1.165, 1.54) is 16.0 Å². The normalized spacial score (nSPS) is 11.4. The number of nitrogens with one attached hydrogen (secondary N) is 1. The smallest absolute Gasteiger partial charge is 0.139 e. The van der Waals surface area contributed by atoms with E-state index in [0.717, 1.165) is 53.8 Å². The van der Waals surface area contributed by atoms with Crippen LogP contribution in [0.1, 0.15) is 31.5 Å². The van der Waals surface area contributed by atoms with Crippen molar-refractivity contribution in [3.63, 3.8) is 0 Å². The van der Waals surface area contributed by atoms with Gasteiger partial charge in [0.25, 0.3) is 0 Å². The summed E-state index contributed by atoms with van der Waals surface area (Å²) in [6.45, 7) is 15.2. The molecule has 0 bridgehead atoms. The average Bonchev–Trinajstić information content (AvgIpc) is 3.01. The minimum absolute atomic E-state index is 0.674. The highest BCUT2D eigenvalue weighted by atomic mass is 32.1. The van der Waals surface area contributed by atoms with Crippen LogP contribution < -0.4 is 10.1 Å². The number of ether oxygens (including phenoxy) is 1. The molecule has 6 heteroatoms. The van der Waals surface area contributed by atoms with Gasteiger partial charge in [-0.05, 0) is 51.6 Å². The molecule has 0 spiro atoms. The fourth-order valence-electron chi connectivity index (χ4n) is 3.45. The molecular formula is C22H30N4OS. The van der Waals surface area contributed by atoms with Crippen molar-refractivity contribution in [2.45, 2.75) is 34.6 Å². The quantitative estimate of drug-likeness (QED) is 0.542. The molecule has 1 N–H and O–H groups in total. The Balaban J connectivity index is 1.97. The van der Waals surface area contributed by atoms with Crippen LogP contribution in [-0.4, -0.2) is 47.7 Å². The number of hydrogen-bond donors (Lipinski definition) is 1. The maximum Gasteiger partial charge on any atom is 0.139 e. The number of anilines is 1. The van der Waals surface area contributed by atoms with Crippen molar-refractivity contribution in [3.05, 3.63) is 35.0 Å². The Hall–Kier alpha value is -2.18. The van der Waals surface area contributed by atoms with Gasteiger partial charge in [-0.2, -0.15) is 0 Å². The van der Waals surface area contributed by atoms with E-state index in [0.29, 0.717) is 6.61 Å². The maximum atomic E-state index is 5.59. The van der Waals surface area contributed by atoms with Gasteiger partial charge in [-0.3, -0.25) is 0 Å². The standard InChI is InChI=1S/C22H30N4OS/c1-6-26(7-2)14-13-23-21-20-19(15(4)28-22(20)25-16(5)24-21)17-9-11-18(12-10-17)27-8-3/h9-12H,6-8,13-14H2,1-5H3,(H,23,24,25). The van der Waals surface area contributed by atoms with Crippen LogP contribution in [0, 0.1) is 13.8 Å². The van der Waals surface area contributed by atoms with Gasteiger partial charge in [0.2, 0.25) is 0 Å². The molecule has 3 rings (SSSR count). The molecular weight excluding hydrogens is 368 g/mol. The number of rotatable bonds is 9. The molecule has 0 unspecified atom stereocenters. The van der Waals surface area contributed by atoms with E-state index >= 15 is 0 Å². The van der Waals surface area contributed by atoms with Gasteiger partial charge in [0.15, 0.2) is 0 Å². The van der Waals surface area contributed by atoms with Crippen molar-refractivity contribution in [2.75, 3.05) is 38.1 Å². The molecule has 0 atom stereocenters. The summed E-state index contributed by atoms with van der Waals surface area (Å²) in [5.74, 6) is 2.63. The Kier molecular flexibility index (Phi) is 6.86.